The molecule has 7 nitrogen and oxygen atoms in total. The number of ether oxygens (including phenoxy) is 1. The molecular formula is C29H20N6O. The number of imidazole rings is 1. The van der Waals surface area contributed by atoms with Gasteiger partial charge in [-0.15, -0.1) is 0 Å². The van der Waals surface area contributed by atoms with Crippen LogP contribution in [0.2, 0.25) is 0 Å². The Morgan fingerprint density at radius 3 is 2.61 bits per heavy atom. The molecule has 7 heteroatoms. The molecule has 1 aliphatic heterocycles. The Labute approximate surface area is 207 Å². The Morgan fingerprint density at radius 2 is 1.83 bits per heavy atom. The molecule has 6 bridgehead atoms. The van der Waals surface area contributed by atoms with E-state index in [9.17, 15) is 10.5 Å². The molecule has 0 fully saturated rings. The van der Waals surface area contributed by atoms with Crippen LogP contribution >= 0.6 is 0 Å². The van der Waals surface area contributed by atoms with Gasteiger partial charge in [0.2, 0.25) is 0 Å². The molecule has 0 amide bonds. The molecule has 1 atom stereocenters. The van der Waals surface area contributed by atoms with E-state index in [0.717, 1.165) is 38.9 Å². The average molecular weight is 469 g/mol. The Morgan fingerprint density at radius 1 is 1.00 bits per heavy atom. The number of hydrogen-bond donors (Lipinski definition) is 1. The van der Waals surface area contributed by atoms with Crippen molar-refractivity contribution >= 4 is 10.9 Å². The molecule has 1 aliphatic rings. The first-order valence-corrected chi connectivity index (χ1v) is 11.4. The van der Waals surface area contributed by atoms with Crippen LogP contribution in [0.25, 0.3) is 22.0 Å². The van der Waals surface area contributed by atoms with E-state index in [4.69, 9.17) is 10.5 Å². The predicted molar refractivity (Wildman–Crippen MR) is 135 cm³/mol. The lowest BCUT2D eigenvalue weighted by atomic mass is 9.79. The highest BCUT2D eigenvalue weighted by atomic mass is 16.5. The molecule has 0 saturated heterocycles. The van der Waals surface area contributed by atoms with Gasteiger partial charge in [0.25, 0.3) is 0 Å². The van der Waals surface area contributed by atoms with Crippen LogP contribution in [-0.2, 0) is 19.2 Å². The Balaban J connectivity index is 1.75. The summed E-state index contributed by atoms with van der Waals surface area (Å²) in [4.78, 5) is 8.88. The second-order valence-electron chi connectivity index (χ2n) is 8.90. The fourth-order valence-electron chi connectivity index (χ4n) is 4.95. The van der Waals surface area contributed by atoms with E-state index in [-0.39, 0.29) is 6.61 Å². The summed E-state index contributed by atoms with van der Waals surface area (Å²) in [6.07, 6.45) is 3.48. The number of fused-ring (bicyclic) bond motifs is 6. The summed E-state index contributed by atoms with van der Waals surface area (Å²) in [5, 5.41) is 20.3. The topological polar surface area (TPSA) is 114 Å². The van der Waals surface area contributed by atoms with Gasteiger partial charge < -0.3 is 15.0 Å². The molecule has 6 rings (SSSR count). The van der Waals surface area contributed by atoms with Crippen LogP contribution in [0, 0.1) is 22.7 Å². The van der Waals surface area contributed by atoms with Gasteiger partial charge in [-0.1, -0.05) is 24.3 Å². The maximum atomic E-state index is 9.76. The monoisotopic (exact) mass is 468 g/mol. The molecule has 1 unspecified atom stereocenters. The first kappa shape index (κ1) is 21.5. The molecule has 3 heterocycles. The van der Waals surface area contributed by atoms with Crippen molar-refractivity contribution < 1.29 is 4.74 Å². The standard InChI is InChI=1S/C29H20N6O/c1-35-17-33-15-28(35)29(32)21-6-5-19(13-30)20(9-21)16-36-24-4-2-3-18(10-24)25-12-23(14-31)34-27-8-7-22(29)11-26(25)27/h2-12,15,17H,16,32H2,1H3. The minimum absolute atomic E-state index is 0.203. The van der Waals surface area contributed by atoms with Crippen molar-refractivity contribution in [3.8, 4) is 29.0 Å². The quantitative estimate of drug-likeness (QED) is 0.387. The molecule has 3 aromatic carbocycles. The highest BCUT2D eigenvalue weighted by Gasteiger charge is 2.36. The van der Waals surface area contributed by atoms with Gasteiger partial charge in [0, 0.05) is 18.0 Å². The van der Waals surface area contributed by atoms with Gasteiger partial charge in [-0.2, -0.15) is 10.5 Å². The first-order chi connectivity index (χ1) is 17.5. The fraction of sp³-hybridized carbons (Fsp3) is 0.103. The zero-order valence-corrected chi connectivity index (χ0v) is 19.4. The number of hydrogen-bond acceptors (Lipinski definition) is 6. The number of rotatable bonds is 1. The van der Waals surface area contributed by atoms with E-state index < -0.39 is 5.54 Å². The number of nitriles is 2. The Kier molecular flexibility index (Phi) is 4.82. The molecule has 0 radical (unpaired) electrons. The van der Waals surface area contributed by atoms with Crippen molar-refractivity contribution in [3.05, 3.63) is 113 Å². The van der Waals surface area contributed by atoms with E-state index in [2.05, 4.69) is 22.1 Å². The largest absolute Gasteiger partial charge is 0.489 e. The molecule has 2 aromatic heterocycles. The smallest absolute Gasteiger partial charge is 0.141 e. The minimum Gasteiger partial charge on any atom is -0.489 e. The number of nitrogens with two attached hydrogens (primary N) is 1. The summed E-state index contributed by atoms with van der Waals surface area (Å²) in [5.74, 6) is 0.659. The second kappa shape index (κ2) is 8.06. The molecule has 0 aliphatic carbocycles. The Bertz CT molecular complexity index is 1760. The SMILES string of the molecule is Cn1cncc1C1(N)c2ccc(C#N)c(c2)COc2cccc(c2)-c2cc(C#N)nc3ccc1cc23. The number of aromatic nitrogens is 3. The summed E-state index contributed by atoms with van der Waals surface area (Å²) in [6.45, 7) is 0.203. The zero-order valence-electron chi connectivity index (χ0n) is 19.4. The van der Waals surface area contributed by atoms with Crippen LogP contribution in [0.1, 0.15) is 33.6 Å². The zero-order chi connectivity index (χ0) is 24.9. The van der Waals surface area contributed by atoms with Gasteiger partial charge in [-0.25, -0.2) is 9.97 Å². The summed E-state index contributed by atoms with van der Waals surface area (Å²) in [5.41, 5.74) is 12.7. The van der Waals surface area contributed by atoms with E-state index in [1.807, 2.05) is 66.2 Å². The van der Waals surface area contributed by atoms with Crippen molar-refractivity contribution in [2.75, 3.05) is 0 Å². The van der Waals surface area contributed by atoms with Crippen molar-refractivity contribution in [2.24, 2.45) is 12.8 Å². The van der Waals surface area contributed by atoms with Gasteiger partial charge in [0.1, 0.15) is 29.7 Å². The van der Waals surface area contributed by atoms with E-state index in [1.54, 1.807) is 24.7 Å². The molecule has 5 aromatic rings. The minimum atomic E-state index is -1.08. The van der Waals surface area contributed by atoms with E-state index >= 15 is 0 Å². The Hall–Kier alpha value is -4.98. The summed E-state index contributed by atoms with van der Waals surface area (Å²) in [6, 6.07) is 25.4. The normalized spacial score (nSPS) is 16.2. The van der Waals surface area contributed by atoms with Gasteiger partial charge in [0.05, 0.1) is 35.4 Å². The first-order valence-electron chi connectivity index (χ1n) is 11.4. The van der Waals surface area contributed by atoms with Crippen LogP contribution in [-0.4, -0.2) is 14.5 Å². The summed E-state index contributed by atoms with van der Waals surface area (Å²) >= 11 is 0. The predicted octanol–water partition coefficient (Wildman–Crippen LogP) is 4.52. The molecule has 0 saturated carbocycles. The van der Waals surface area contributed by atoms with Crippen LogP contribution in [0.3, 0.4) is 0 Å². The van der Waals surface area contributed by atoms with E-state index in [0.29, 0.717) is 22.5 Å². The maximum Gasteiger partial charge on any atom is 0.141 e. The molecule has 172 valence electrons. The van der Waals surface area contributed by atoms with Crippen molar-refractivity contribution in [2.45, 2.75) is 12.1 Å². The number of pyridine rings is 1. The van der Waals surface area contributed by atoms with Crippen LogP contribution in [0.15, 0.2) is 79.3 Å². The lowest BCUT2D eigenvalue weighted by Gasteiger charge is -2.32. The van der Waals surface area contributed by atoms with Crippen molar-refractivity contribution in [1.29, 1.82) is 10.5 Å². The fourth-order valence-corrected chi connectivity index (χ4v) is 4.95. The van der Waals surface area contributed by atoms with Crippen LogP contribution < -0.4 is 10.5 Å². The number of nitrogens with zero attached hydrogens (tertiary/aromatic N) is 5. The summed E-state index contributed by atoms with van der Waals surface area (Å²) in [7, 11) is 1.91. The van der Waals surface area contributed by atoms with Crippen LogP contribution in [0.5, 0.6) is 5.75 Å². The van der Waals surface area contributed by atoms with Gasteiger partial charge in [-0.05, 0) is 64.7 Å². The molecule has 36 heavy (non-hydrogen) atoms. The maximum absolute atomic E-state index is 9.76. The number of aryl methyl sites for hydroxylation is 1. The third-order valence-corrected chi connectivity index (χ3v) is 6.82. The second-order valence-corrected chi connectivity index (χ2v) is 8.90. The highest BCUT2D eigenvalue weighted by molar-refractivity contribution is 5.96. The van der Waals surface area contributed by atoms with Gasteiger partial charge in [-0.3, -0.25) is 0 Å². The van der Waals surface area contributed by atoms with Gasteiger partial charge >= 0.3 is 0 Å². The van der Waals surface area contributed by atoms with Crippen molar-refractivity contribution in [3.63, 3.8) is 0 Å². The van der Waals surface area contributed by atoms with Crippen LogP contribution in [0.4, 0.5) is 0 Å². The molecule has 2 N–H and O–H groups in total. The average Bonchev–Trinajstić information content (AvgIpc) is 3.36. The molecule has 0 spiro atoms. The third-order valence-electron chi connectivity index (χ3n) is 6.82. The molecular weight excluding hydrogens is 448 g/mol. The summed E-state index contributed by atoms with van der Waals surface area (Å²) < 4.78 is 8.05. The lowest BCUT2D eigenvalue weighted by Crippen LogP contribution is -2.41. The third kappa shape index (κ3) is 3.23. The number of benzene rings is 3. The highest BCUT2D eigenvalue weighted by Crippen LogP contribution is 2.39. The lowest BCUT2D eigenvalue weighted by molar-refractivity contribution is 0.306. The van der Waals surface area contributed by atoms with Crippen molar-refractivity contribution in [1.82, 2.24) is 14.5 Å². The van der Waals surface area contributed by atoms with Gasteiger partial charge in [0.15, 0.2) is 0 Å². The van der Waals surface area contributed by atoms with E-state index in [1.165, 1.54) is 0 Å².